The Morgan fingerprint density at radius 1 is 1.20 bits per heavy atom. The van der Waals surface area contributed by atoms with E-state index in [1.54, 1.807) is 0 Å². The maximum atomic E-state index is 8.00. The minimum absolute atomic E-state index is 0. The molecule has 0 aromatic carbocycles. The summed E-state index contributed by atoms with van der Waals surface area (Å²) in [6.07, 6.45) is 0. The van der Waals surface area contributed by atoms with E-state index >= 15 is 0 Å². The molecule has 0 amide bonds. The van der Waals surface area contributed by atoms with Gasteiger partial charge in [0.1, 0.15) is 0 Å². The minimum atomic E-state index is 0. The Morgan fingerprint density at radius 3 is 1.20 bits per heavy atom. The Balaban J connectivity index is -0.00000000167. The molecule has 0 rings (SSSR count). The molecule has 0 unspecified atom stereocenters. The molecule has 0 N–H and O–H groups in total. The van der Waals surface area contributed by atoms with Gasteiger partial charge in [0.05, 0.1) is 0 Å². The first-order valence-corrected chi connectivity index (χ1v) is 0.289. The second kappa shape index (κ2) is 27.6. The van der Waals surface area contributed by atoms with Crippen LogP contribution in [0.25, 0.3) is 0 Å². The van der Waals surface area contributed by atoms with Gasteiger partial charge in [0, 0.05) is 97.6 Å². The summed E-state index contributed by atoms with van der Waals surface area (Å²) in [6, 6.07) is 0. The van der Waals surface area contributed by atoms with Crippen molar-refractivity contribution in [3.63, 3.8) is 0 Å². The van der Waals surface area contributed by atoms with Gasteiger partial charge in [0.25, 0.3) is 0 Å². The van der Waals surface area contributed by atoms with Crippen LogP contribution >= 0.6 is 0 Å². The van der Waals surface area contributed by atoms with E-state index in [0.29, 0.717) is 0 Å². The molecule has 0 aliphatic heterocycles. The van der Waals surface area contributed by atoms with Gasteiger partial charge < -0.3 is 0 Å². The number of hydrogen-bond donors (Lipinski definition) is 0. The molecule has 0 aliphatic carbocycles. The largest absolute Gasteiger partial charge is 0 e. The first-order chi connectivity index (χ1) is 1.00. The van der Waals surface area contributed by atoms with Crippen molar-refractivity contribution in [3.05, 3.63) is 0 Å². The van der Waals surface area contributed by atoms with Crippen LogP contribution in [0.1, 0.15) is 0 Å². The molecule has 0 heterocycles. The Kier molecular flexibility index (Phi) is 135. The summed E-state index contributed by atoms with van der Waals surface area (Å²) in [5, 5.41) is 0. The second-order valence-electron chi connectivity index (χ2n) is 0. The van der Waals surface area contributed by atoms with E-state index in [0.717, 1.165) is 0 Å². The third-order valence-electron chi connectivity index (χ3n) is 0. The van der Waals surface area contributed by atoms with Gasteiger partial charge >= 0.3 is 12.4 Å². The molecule has 0 aromatic heterocycles. The van der Waals surface area contributed by atoms with Crippen LogP contribution in [0, 0.1) is 79.1 Å². The Bertz CT molecular complexity index is 11.6. The molecule has 5 heteroatoms. The SMILES string of the molecule is B=O.[Ce].[Er].[V]. The minimum Gasteiger partial charge on any atom is 0 e. The Morgan fingerprint density at radius 2 is 1.20 bits per heavy atom. The molecule has 0 aliphatic rings. The molecule has 0 atom stereocenters. The predicted molar refractivity (Wildman–Crippen MR) is 7.84 cm³/mol. The van der Waals surface area contributed by atoms with Crippen LogP contribution in [0.3, 0.4) is 0 Å². The van der Waals surface area contributed by atoms with E-state index < -0.39 is 0 Å². The first-order valence-electron chi connectivity index (χ1n) is 0.289. The fraction of sp³-hybridized carbons (Fsp3) is 0. The van der Waals surface area contributed by atoms with Gasteiger partial charge in [-0.2, -0.15) is 0 Å². The maximum absolute atomic E-state index is 8.00. The van der Waals surface area contributed by atoms with Crippen molar-refractivity contribution < 1.29 is 102 Å². The van der Waals surface area contributed by atoms with Gasteiger partial charge in [-0.05, 0) is 0 Å². The average Bonchev–Trinajstić information content (AvgIpc) is 1.00. The van der Waals surface area contributed by atoms with Crippen LogP contribution < -0.4 is 0 Å². The van der Waals surface area contributed by atoms with Crippen molar-refractivity contribution in [1.82, 2.24) is 0 Å². The summed E-state index contributed by atoms with van der Waals surface area (Å²) in [7, 11) is 2.00. The molecular weight excluding hydrogens is 385 g/mol. The van der Waals surface area contributed by atoms with Gasteiger partial charge in [-0.3, -0.25) is 0 Å². The van der Waals surface area contributed by atoms with Crippen LogP contribution in [-0.4, -0.2) is 7.72 Å². The molecular formula is HBCeErOV. The van der Waals surface area contributed by atoms with E-state index in [2.05, 4.69) is 0 Å². The summed E-state index contributed by atoms with van der Waals surface area (Å²) in [6.45, 7) is 0. The summed E-state index contributed by atoms with van der Waals surface area (Å²) >= 11 is 0. The average molecular weight is 386 g/mol. The summed E-state index contributed by atoms with van der Waals surface area (Å²) < 4.78 is 8.00. The van der Waals surface area contributed by atoms with Gasteiger partial charge in [0.2, 0.25) is 0 Å². The monoisotopic (exact) mass is 385 g/mol. The van der Waals surface area contributed by atoms with E-state index in [1.807, 2.05) is 7.72 Å². The Labute approximate surface area is 107 Å². The van der Waals surface area contributed by atoms with E-state index in [-0.39, 0.29) is 97.6 Å². The standard InChI is InChI=1S/BHO.Ce.Er.V/c1-2;;;/h1H;;;. The third kappa shape index (κ3) is 19.3. The molecule has 1 radical (unpaired) electrons. The Hall–Kier alpha value is 3.07. The molecule has 5 heavy (non-hydrogen) atoms. The fourth-order valence-electron chi connectivity index (χ4n) is 0. The van der Waals surface area contributed by atoms with E-state index in [1.165, 1.54) is 0 Å². The van der Waals surface area contributed by atoms with Crippen LogP contribution in [0.15, 0.2) is 0 Å². The van der Waals surface area contributed by atoms with Crippen molar-refractivity contribution in [2.24, 2.45) is 0 Å². The smallest absolute Gasteiger partial charge is 0 e. The van der Waals surface area contributed by atoms with Crippen LogP contribution in [0.2, 0.25) is 0 Å². The molecule has 31 valence electrons. The zero-order valence-corrected chi connectivity index (χ0v) is 8.74. The van der Waals surface area contributed by atoms with E-state index in [4.69, 9.17) is 4.70 Å². The van der Waals surface area contributed by atoms with Gasteiger partial charge in [-0.1, -0.05) is 0 Å². The number of rotatable bonds is 0. The topological polar surface area (TPSA) is 17.1 Å². The van der Waals surface area contributed by atoms with Crippen molar-refractivity contribution in [2.75, 3.05) is 0 Å². The van der Waals surface area contributed by atoms with E-state index in [9.17, 15) is 0 Å². The zero-order chi connectivity index (χ0) is 2.00. The van der Waals surface area contributed by atoms with Gasteiger partial charge in [-0.15, -0.1) is 0 Å². The molecule has 0 fully saturated rings. The van der Waals surface area contributed by atoms with Crippen molar-refractivity contribution in [3.8, 4) is 0 Å². The molecule has 1 nitrogen and oxygen atoms in total. The number of hydrogen-bond acceptors (Lipinski definition) is 1. The summed E-state index contributed by atoms with van der Waals surface area (Å²) in [4.78, 5) is 0. The quantitative estimate of drug-likeness (QED) is 0.500. The fourth-order valence-corrected chi connectivity index (χ4v) is 0. The van der Waals surface area contributed by atoms with Gasteiger partial charge in [-0.25, -0.2) is 0 Å². The van der Waals surface area contributed by atoms with Crippen LogP contribution in [0.5, 0.6) is 0 Å². The summed E-state index contributed by atoms with van der Waals surface area (Å²) in [5.41, 5.74) is 0. The molecule has 0 spiro atoms. The first kappa shape index (κ1) is 24.3. The van der Waals surface area contributed by atoms with Crippen molar-refractivity contribution in [2.45, 2.75) is 0 Å². The normalized spacial score (nSPS) is 0.600. The third-order valence-corrected chi connectivity index (χ3v) is 0. The summed E-state index contributed by atoms with van der Waals surface area (Å²) in [5.74, 6) is 0. The zero-order valence-electron chi connectivity index (χ0n) is 2.35. The van der Waals surface area contributed by atoms with Crippen molar-refractivity contribution >= 4 is 7.72 Å². The molecule has 0 saturated carbocycles. The van der Waals surface area contributed by atoms with Crippen LogP contribution in [-0.2, 0) is 23.3 Å². The predicted octanol–water partition coefficient (Wildman–Crippen LogP) is -0.770. The second-order valence-corrected chi connectivity index (χ2v) is 0. The molecule has 0 saturated heterocycles. The maximum Gasteiger partial charge on any atom is 0 e. The van der Waals surface area contributed by atoms with Crippen molar-refractivity contribution in [1.29, 1.82) is 0 Å². The van der Waals surface area contributed by atoms with Crippen LogP contribution in [0.4, 0.5) is 0 Å². The van der Waals surface area contributed by atoms with Gasteiger partial charge in [0.15, 0.2) is 0 Å². The molecule has 0 bridgehead atoms. The molecule has 0 aromatic rings.